The highest BCUT2D eigenvalue weighted by Crippen LogP contribution is 2.24. The Labute approximate surface area is 314 Å². The van der Waals surface area contributed by atoms with Gasteiger partial charge in [-0.15, -0.1) is 0 Å². The lowest BCUT2D eigenvalue weighted by molar-refractivity contribution is -0.133. The summed E-state index contributed by atoms with van der Waals surface area (Å²) in [6.45, 7) is 9.84. The van der Waals surface area contributed by atoms with Gasteiger partial charge in [-0.25, -0.2) is 8.42 Å². The molecule has 0 saturated heterocycles. The molecule has 0 aliphatic rings. The first-order valence-corrected chi connectivity index (χ1v) is 19.8. The predicted molar refractivity (Wildman–Crippen MR) is 208 cm³/mol. The Bertz CT molecular complexity index is 1790. The van der Waals surface area contributed by atoms with Crippen LogP contribution in [0.25, 0.3) is 0 Å². The van der Waals surface area contributed by atoms with Crippen LogP contribution in [0.4, 0.5) is 5.69 Å². The van der Waals surface area contributed by atoms with E-state index >= 15 is 0 Å². The van der Waals surface area contributed by atoms with Gasteiger partial charge >= 0.3 is 0 Å². The Hall–Kier alpha value is -4.75. The van der Waals surface area contributed by atoms with Crippen molar-refractivity contribution in [2.24, 2.45) is 17.8 Å². The number of amides is 4. The third-order valence-corrected chi connectivity index (χ3v) is 10.4. The first-order chi connectivity index (χ1) is 25.0. The Morgan fingerprint density at radius 2 is 1.30 bits per heavy atom. The number of rotatable bonds is 19. The summed E-state index contributed by atoms with van der Waals surface area (Å²) in [4.78, 5) is 53.5. The normalized spacial score (nSPS) is 13.8. The maximum Gasteiger partial charge on any atom is 0.251 e. The second-order valence-electron chi connectivity index (χ2n) is 14.0. The zero-order valence-electron chi connectivity index (χ0n) is 32.0. The van der Waals surface area contributed by atoms with Gasteiger partial charge in [0.25, 0.3) is 11.8 Å². The molecular weight excluding hydrogens is 695 g/mol. The molecule has 3 aromatic carbocycles. The number of nitrogens with one attached hydrogen (secondary N) is 4. The van der Waals surface area contributed by atoms with E-state index < -0.39 is 39.8 Å². The van der Waals surface area contributed by atoms with Crippen LogP contribution in [-0.2, 0) is 31.0 Å². The molecule has 0 aromatic heterocycles. The number of benzene rings is 3. The fourth-order valence-electron chi connectivity index (χ4n) is 5.81. The second-order valence-corrected chi connectivity index (χ2v) is 16.1. The molecule has 0 spiro atoms. The Balaban J connectivity index is 1.90. The van der Waals surface area contributed by atoms with Crippen LogP contribution in [0.1, 0.15) is 85.3 Å². The molecule has 0 fully saturated rings. The van der Waals surface area contributed by atoms with Crippen LogP contribution < -0.4 is 25.6 Å². The molecule has 3 rings (SSSR count). The van der Waals surface area contributed by atoms with Crippen molar-refractivity contribution in [2.45, 2.75) is 72.2 Å². The van der Waals surface area contributed by atoms with E-state index in [1.807, 2.05) is 95.3 Å². The number of ether oxygens (including phenoxy) is 1. The summed E-state index contributed by atoms with van der Waals surface area (Å²) in [5, 5.41) is 11.5. The topological polar surface area (TPSA) is 163 Å². The van der Waals surface area contributed by atoms with Crippen molar-refractivity contribution < 1.29 is 32.3 Å². The van der Waals surface area contributed by atoms with E-state index in [4.69, 9.17) is 4.74 Å². The number of carbonyl (C=O) groups is 4. The summed E-state index contributed by atoms with van der Waals surface area (Å²) in [6.07, 6.45) is 1.77. The molecule has 1 unspecified atom stereocenters. The van der Waals surface area contributed by atoms with Gasteiger partial charge in [-0.05, 0) is 60.9 Å². The van der Waals surface area contributed by atoms with Gasteiger partial charge in [0.15, 0.2) is 0 Å². The van der Waals surface area contributed by atoms with Gasteiger partial charge in [0, 0.05) is 31.1 Å². The van der Waals surface area contributed by atoms with Gasteiger partial charge in [0.05, 0.1) is 37.2 Å². The number of sulfonamides is 1. The summed E-state index contributed by atoms with van der Waals surface area (Å²) in [7, 11) is -0.854. The maximum absolute atomic E-state index is 14.0. The van der Waals surface area contributed by atoms with E-state index in [-0.39, 0.29) is 53.1 Å². The number of anilines is 1. The largest absolute Gasteiger partial charge is 0.375 e. The molecule has 12 nitrogen and oxygen atoms in total. The summed E-state index contributed by atoms with van der Waals surface area (Å²) in [5.74, 6) is -2.23. The van der Waals surface area contributed by atoms with E-state index in [9.17, 15) is 27.6 Å². The van der Waals surface area contributed by atoms with Crippen LogP contribution in [0.5, 0.6) is 0 Å². The molecular formula is C40H55N5O7S. The van der Waals surface area contributed by atoms with E-state index in [1.165, 1.54) is 32.3 Å². The first kappa shape index (κ1) is 42.7. The highest BCUT2D eigenvalue weighted by molar-refractivity contribution is 7.92. The molecule has 288 valence electrons. The average molecular weight is 750 g/mol. The minimum absolute atomic E-state index is 0.0725. The molecule has 0 radical (unpaired) electrons. The number of nitrogens with zero attached hydrogens (tertiary/aromatic N) is 1. The van der Waals surface area contributed by atoms with Gasteiger partial charge in [0.1, 0.15) is 6.04 Å². The summed E-state index contributed by atoms with van der Waals surface area (Å²) in [6, 6.07) is 21.6. The molecule has 4 N–H and O–H groups in total. The third kappa shape index (κ3) is 13.0. The molecule has 3 aromatic rings. The zero-order chi connectivity index (χ0) is 39.3. The minimum atomic E-state index is -3.74. The van der Waals surface area contributed by atoms with Crippen molar-refractivity contribution >= 4 is 39.3 Å². The van der Waals surface area contributed by atoms with E-state index in [0.717, 1.165) is 21.7 Å². The van der Waals surface area contributed by atoms with Gasteiger partial charge in [0.2, 0.25) is 21.8 Å². The van der Waals surface area contributed by atoms with E-state index in [1.54, 1.807) is 0 Å². The van der Waals surface area contributed by atoms with Crippen molar-refractivity contribution in [1.29, 1.82) is 0 Å². The molecule has 53 heavy (non-hydrogen) atoms. The van der Waals surface area contributed by atoms with E-state index in [0.29, 0.717) is 19.4 Å². The van der Waals surface area contributed by atoms with Gasteiger partial charge < -0.3 is 26.0 Å². The van der Waals surface area contributed by atoms with E-state index in [2.05, 4.69) is 21.3 Å². The second kappa shape index (κ2) is 19.9. The Kier molecular flexibility index (Phi) is 16.0. The van der Waals surface area contributed by atoms with Crippen LogP contribution in [0.2, 0.25) is 0 Å². The highest BCUT2D eigenvalue weighted by atomic mass is 32.2. The molecule has 0 heterocycles. The summed E-state index contributed by atoms with van der Waals surface area (Å²) < 4.78 is 32.1. The number of carbonyl (C=O) groups excluding carboxylic acids is 4. The first-order valence-electron chi connectivity index (χ1n) is 17.9. The summed E-state index contributed by atoms with van der Waals surface area (Å²) >= 11 is 0. The molecule has 0 bridgehead atoms. The highest BCUT2D eigenvalue weighted by Gasteiger charge is 2.30. The van der Waals surface area contributed by atoms with Crippen LogP contribution in [0.15, 0.2) is 78.9 Å². The lowest BCUT2D eigenvalue weighted by Crippen LogP contribution is -2.51. The van der Waals surface area contributed by atoms with Gasteiger partial charge in [-0.3, -0.25) is 23.5 Å². The standard InChI is InChI=1S/C40H55N5O7S/c1-26(2)35(39(48)44-36(27(3)4)40(49)41-6)20-19-33(25-52-24-29-15-11-9-12-16-29)43-38(47)32-21-31(22-34(23-32)45(7)53(8,50)51)37(46)42-28(5)30-17-13-10-14-18-30/h9-18,21-23,26-28,33,35-36H,19-20,24-25H2,1-8H3,(H,41,49)(H,42,46)(H,43,47)(H,44,48)/t28-,33-,35+,36?/m1/s1. The third-order valence-electron chi connectivity index (χ3n) is 9.18. The van der Waals surface area contributed by atoms with Crippen LogP contribution in [-0.4, -0.2) is 71.1 Å². The lowest BCUT2D eigenvalue weighted by Gasteiger charge is -2.27. The number of likely N-dealkylation sites (N-methyl/N-ethyl adjacent to an activating group) is 1. The predicted octanol–water partition coefficient (Wildman–Crippen LogP) is 4.83. The monoisotopic (exact) mass is 749 g/mol. The van der Waals surface area contributed by atoms with Crippen molar-refractivity contribution in [3.63, 3.8) is 0 Å². The van der Waals surface area contributed by atoms with Gasteiger partial charge in [-0.1, -0.05) is 88.4 Å². The summed E-state index contributed by atoms with van der Waals surface area (Å²) in [5.41, 5.74) is 2.15. The Morgan fingerprint density at radius 3 is 1.83 bits per heavy atom. The van der Waals surface area contributed by atoms with Crippen LogP contribution >= 0.6 is 0 Å². The van der Waals surface area contributed by atoms with Crippen molar-refractivity contribution in [2.75, 3.05) is 31.3 Å². The van der Waals surface area contributed by atoms with Crippen LogP contribution in [0, 0.1) is 17.8 Å². The molecule has 0 aliphatic heterocycles. The Morgan fingerprint density at radius 1 is 0.736 bits per heavy atom. The maximum atomic E-state index is 14.0. The quantitative estimate of drug-likeness (QED) is 0.137. The lowest BCUT2D eigenvalue weighted by atomic mass is 9.88. The fraction of sp³-hybridized carbons (Fsp3) is 0.450. The molecule has 4 atom stereocenters. The van der Waals surface area contributed by atoms with Crippen molar-refractivity contribution in [3.05, 3.63) is 101 Å². The van der Waals surface area contributed by atoms with Crippen LogP contribution in [0.3, 0.4) is 0 Å². The fourth-order valence-corrected chi connectivity index (χ4v) is 6.30. The SMILES string of the molecule is CNC(=O)C(NC(=O)[C@@H](CC[C@H](COCc1ccccc1)NC(=O)c1cc(C(=O)N[C@H](C)c2ccccc2)cc(N(C)S(C)(=O)=O)c1)C(C)C)C(C)C. The number of hydrogen-bond donors (Lipinski definition) is 4. The smallest absolute Gasteiger partial charge is 0.251 e. The minimum Gasteiger partial charge on any atom is -0.375 e. The molecule has 4 amide bonds. The van der Waals surface area contributed by atoms with Gasteiger partial charge in [-0.2, -0.15) is 0 Å². The molecule has 0 saturated carbocycles. The number of hydrogen-bond acceptors (Lipinski definition) is 7. The molecule has 13 heteroatoms. The van der Waals surface area contributed by atoms with Crippen molar-refractivity contribution in [1.82, 2.24) is 21.3 Å². The zero-order valence-corrected chi connectivity index (χ0v) is 32.8. The molecule has 0 aliphatic carbocycles. The van der Waals surface area contributed by atoms with Crippen molar-refractivity contribution in [3.8, 4) is 0 Å². The average Bonchev–Trinajstić information content (AvgIpc) is 3.12.